The number of benzene rings is 2. The van der Waals surface area contributed by atoms with E-state index in [2.05, 4.69) is 45.7 Å². The van der Waals surface area contributed by atoms with Crippen molar-refractivity contribution in [1.82, 2.24) is 15.6 Å². The zero-order valence-corrected chi connectivity index (χ0v) is 16.0. The van der Waals surface area contributed by atoms with Crippen LogP contribution in [0, 0.1) is 6.92 Å². The van der Waals surface area contributed by atoms with Gasteiger partial charge in [-0.25, -0.2) is 0 Å². The Balaban J connectivity index is 1.57. The van der Waals surface area contributed by atoms with E-state index >= 15 is 0 Å². The highest BCUT2D eigenvalue weighted by Gasteiger charge is 2.08. The van der Waals surface area contributed by atoms with Gasteiger partial charge in [0.15, 0.2) is 5.96 Å². The lowest BCUT2D eigenvalue weighted by Crippen LogP contribution is -2.37. The minimum absolute atomic E-state index is 0.230. The Labute approximate surface area is 159 Å². The Kier molecular flexibility index (Phi) is 5.86. The van der Waals surface area contributed by atoms with Gasteiger partial charge in [-0.15, -0.1) is 0 Å². The third kappa shape index (κ3) is 4.34. The van der Waals surface area contributed by atoms with Crippen molar-refractivity contribution in [3.63, 3.8) is 0 Å². The number of hydrogen-bond acceptors (Lipinski definition) is 3. The molecule has 0 amide bonds. The van der Waals surface area contributed by atoms with Crippen LogP contribution in [-0.2, 0) is 13.0 Å². The predicted octanol–water partition coefficient (Wildman–Crippen LogP) is 3.10. The van der Waals surface area contributed by atoms with Crippen molar-refractivity contribution in [2.75, 3.05) is 20.7 Å². The average molecular weight is 366 g/mol. The number of nitrogens with zero attached hydrogens (tertiary/aromatic N) is 1. The van der Waals surface area contributed by atoms with Gasteiger partial charge in [-0.2, -0.15) is 0 Å². The molecule has 3 rings (SSSR count). The van der Waals surface area contributed by atoms with E-state index in [1.54, 1.807) is 26.3 Å². The van der Waals surface area contributed by atoms with Gasteiger partial charge in [0.05, 0.1) is 7.11 Å². The second kappa shape index (κ2) is 8.49. The Hall–Kier alpha value is -3.15. The number of aromatic hydroxyl groups is 1. The molecule has 0 aliphatic rings. The molecular formula is C21H26N4O2. The first-order chi connectivity index (χ1) is 13.1. The van der Waals surface area contributed by atoms with E-state index in [0.717, 1.165) is 18.5 Å². The molecule has 0 bridgehead atoms. The first-order valence-corrected chi connectivity index (χ1v) is 8.99. The van der Waals surface area contributed by atoms with Crippen LogP contribution in [0.15, 0.2) is 47.5 Å². The summed E-state index contributed by atoms with van der Waals surface area (Å²) in [5, 5.41) is 17.8. The van der Waals surface area contributed by atoms with E-state index in [-0.39, 0.29) is 5.75 Å². The van der Waals surface area contributed by atoms with Gasteiger partial charge in [0.1, 0.15) is 11.5 Å². The number of aryl methyl sites for hydroxylation is 1. The molecule has 3 aromatic rings. The molecule has 0 unspecified atom stereocenters. The number of nitrogens with one attached hydrogen (secondary N) is 3. The molecule has 1 heterocycles. The molecule has 0 saturated carbocycles. The predicted molar refractivity (Wildman–Crippen MR) is 110 cm³/mol. The summed E-state index contributed by atoms with van der Waals surface area (Å²) in [4.78, 5) is 7.68. The maximum absolute atomic E-state index is 9.99. The number of hydrogen-bond donors (Lipinski definition) is 4. The summed E-state index contributed by atoms with van der Waals surface area (Å²) in [6, 6.07) is 13.5. The molecule has 0 fully saturated rings. The second-order valence-corrected chi connectivity index (χ2v) is 6.37. The Morgan fingerprint density at radius 2 is 2.00 bits per heavy atom. The smallest absolute Gasteiger partial charge is 0.191 e. The summed E-state index contributed by atoms with van der Waals surface area (Å²) in [5.41, 5.74) is 4.44. The van der Waals surface area contributed by atoms with E-state index in [1.165, 1.54) is 22.2 Å². The third-order valence-corrected chi connectivity index (χ3v) is 4.65. The normalized spacial score (nSPS) is 11.6. The van der Waals surface area contributed by atoms with E-state index in [1.807, 2.05) is 12.1 Å². The monoisotopic (exact) mass is 366 g/mol. The fourth-order valence-corrected chi connectivity index (χ4v) is 3.19. The highest BCUT2D eigenvalue weighted by molar-refractivity contribution is 5.84. The zero-order valence-electron chi connectivity index (χ0n) is 16.0. The highest BCUT2D eigenvalue weighted by Crippen LogP contribution is 2.23. The highest BCUT2D eigenvalue weighted by atomic mass is 16.5. The molecule has 6 heteroatoms. The number of fused-ring (bicyclic) bond motifs is 1. The Morgan fingerprint density at radius 1 is 1.19 bits per heavy atom. The van der Waals surface area contributed by atoms with Crippen molar-refractivity contribution >= 4 is 16.9 Å². The van der Waals surface area contributed by atoms with Crippen LogP contribution in [0.3, 0.4) is 0 Å². The number of guanidine groups is 1. The number of ether oxygens (including phenoxy) is 1. The molecule has 27 heavy (non-hydrogen) atoms. The molecule has 142 valence electrons. The van der Waals surface area contributed by atoms with Crippen LogP contribution in [0.2, 0.25) is 0 Å². The minimum atomic E-state index is 0.230. The third-order valence-electron chi connectivity index (χ3n) is 4.65. The van der Waals surface area contributed by atoms with Crippen molar-refractivity contribution < 1.29 is 9.84 Å². The summed E-state index contributed by atoms with van der Waals surface area (Å²) in [5.74, 6) is 1.63. The van der Waals surface area contributed by atoms with Crippen molar-refractivity contribution in [3.8, 4) is 11.5 Å². The number of methoxy groups -OCH3 is 1. The molecule has 0 spiro atoms. The maximum atomic E-state index is 9.99. The molecule has 0 saturated heterocycles. The van der Waals surface area contributed by atoms with Crippen LogP contribution >= 0.6 is 0 Å². The second-order valence-electron chi connectivity index (χ2n) is 6.37. The zero-order chi connectivity index (χ0) is 19.2. The molecule has 0 aliphatic carbocycles. The van der Waals surface area contributed by atoms with E-state index in [9.17, 15) is 5.11 Å². The number of rotatable bonds is 6. The fourth-order valence-electron chi connectivity index (χ4n) is 3.19. The number of aliphatic imine (C=N–C) groups is 1. The summed E-state index contributed by atoms with van der Waals surface area (Å²) >= 11 is 0. The largest absolute Gasteiger partial charge is 0.508 e. The summed E-state index contributed by atoms with van der Waals surface area (Å²) in [6.07, 6.45) is 0.890. The van der Waals surface area contributed by atoms with Gasteiger partial charge in [0.2, 0.25) is 0 Å². The lowest BCUT2D eigenvalue weighted by Gasteiger charge is -2.13. The summed E-state index contributed by atoms with van der Waals surface area (Å²) in [6.45, 7) is 3.31. The van der Waals surface area contributed by atoms with Gasteiger partial charge in [0, 0.05) is 42.3 Å². The Bertz CT molecular complexity index is 947. The van der Waals surface area contributed by atoms with Crippen molar-refractivity contribution in [3.05, 3.63) is 59.3 Å². The van der Waals surface area contributed by atoms with Crippen LogP contribution in [0.25, 0.3) is 10.9 Å². The van der Waals surface area contributed by atoms with Gasteiger partial charge < -0.3 is 25.5 Å². The van der Waals surface area contributed by atoms with Crippen molar-refractivity contribution in [1.29, 1.82) is 0 Å². The standard InChI is InChI=1S/C21H26N4O2/c1-14-17(18-6-4-5-7-19(18)25-14)10-11-23-21(22-2)24-13-15-12-16(27-3)8-9-20(15)26/h4-9,12,25-26H,10-11,13H2,1-3H3,(H2,22,23,24). The quantitative estimate of drug-likeness (QED) is 0.399. The molecule has 0 atom stereocenters. The first-order valence-electron chi connectivity index (χ1n) is 8.99. The minimum Gasteiger partial charge on any atom is -0.508 e. The Morgan fingerprint density at radius 3 is 2.78 bits per heavy atom. The first kappa shape index (κ1) is 18.6. The summed E-state index contributed by atoms with van der Waals surface area (Å²) in [7, 11) is 3.34. The lowest BCUT2D eigenvalue weighted by molar-refractivity contribution is 0.410. The van der Waals surface area contributed by atoms with E-state index in [0.29, 0.717) is 18.3 Å². The molecule has 0 radical (unpaired) electrons. The molecule has 6 nitrogen and oxygen atoms in total. The van der Waals surface area contributed by atoms with Gasteiger partial charge in [0.25, 0.3) is 0 Å². The fraction of sp³-hybridized carbons (Fsp3) is 0.286. The SMILES string of the molecule is CN=C(NCCc1c(C)[nH]c2ccccc12)NCc1cc(OC)ccc1O. The van der Waals surface area contributed by atoms with E-state index < -0.39 is 0 Å². The van der Waals surface area contributed by atoms with Crippen LogP contribution in [0.5, 0.6) is 11.5 Å². The van der Waals surface area contributed by atoms with Gasteiger partial charge in [-0.05, 0) is 43.2 Å². The number of para-hydroxylation sites is 1. The molecule has 2 aromatic carbocycles. The lowest BCUT2D eigenvalue weighted by atomic mass is 10.1. The number of H-pyrrole nitrogens is 1. The van der Waals surface area contributed by atoms with Crippen LogP contribution < -0.4 is 15.4 Å². The van der Waals surface area contributed by atoms with Crippen LogP contribution in [-0.4, -0.2) is 36.8 Å². The topological polar surface area (TPSA) is 81.7 Å². The maximum Gasteiger partial charge on any atom is 0.191 e. The van der Waals surface area contributed by atoms with Crippen molar-refractivity contribution in [2.24, 2.45) is 4.99 Å². The molecule has 0 aliphatic heterocycles. The van der Waals surface area contributed by atoms with Crippen LogP contribution in [0.1, 0.15) is 16.8 Å². The average Bonchev–Trinajstić information content (AvgIpc) is 3.01. The number of aromatic amines is 1. The van der Waals surface area contributed by atoms with Crippen molar-refractivity contribution in [2.45, 2.75) is 19.9 Å². The summed E-state index contributed by atoms with van der Waals surface area (Å²) < 4.78 is 5.21. The van der Waals surface area contributed by atoms with Gasteiger partial charge >= 0.3 is 0 Å². The molecular weight excluding hydrogens is 340 g/mol. The van der Waals surface area contributed by atoms with E-state index in [4.69, 9.17) is 4.74 Å². The number of phenolic OH excluding ortho intramolecular Hbond substituents is 1. The number of aromatic nitrogens is 1. The molecule has 4 N–H and O–H groups in total. The molecule has 1 aromatic heterocycles. The van der Waals surface area contributed by atoms with Gasteiger partial charge in [-0.1, -0.05) is 18.2 Å². The van der Waals surface area contributed by atoms with Crippen LogP contribution in [0.4, 0.5) is 0 Å². The number of phenols is 1. The van der Waals surface area contributed by atoms with Gasteiger partial charge in [-0.3, -0.25) is 4.99 Å².